The Morgan fingerprint density at radius 3 is 2.67 bits per heavy atom. The van der Waals surface area contributed by atoms with Crippen molar-refractivity contribution in [2.24, 2.45) is 0 Å². The van der Waals surface area contributed by atoms with Crippen LogP contribution in [-0.2, 0) is 0 Å². The summed E-state index contributed by atoms with van der Waals surface area (Å²) in [7, 11) is 0. The first kappa shape index (κ1) is 12.9. The van der Waals surface area contributed by atoms with Crippen molar-refractivity contribution in [2.45, 2.75) is 0 Å². The van der Waals surface area contributed by atoms with Crippen molar-refractivity contribution >= 4 is 38.9 Å². The quantitative estimate of drug-likeness (QED) is 0.856. The minimum absolute atomic E-state index is 0.389. The molecule has 0 saturated heterocycles. The Hall–Kier alpha value is -1.57. The third-order valence-corrected chi connectivity index (χ3v) is 3.12. The fourth-order valence-corrected chi connectivity index (χ4v) is 1.98. The molecule has 2 nitrogen and oxygen atoms in total. The van der Waals surface area contributed by atoms with E-state index in [-0.39, 0.29) is 0 Å². The van der Waals surface area contributed by atoms with Crippen LogP contribution >= 0.6 is 27.5 Å². The Bertz CT molecular complexity index is 637. The molecular formula is C13H7BrClFN2. The summed E-state index contributed by atoms with van der Waals surface area (Å²) in [4.78, 5) is 0. The largest absolute Gasteiger partial charge is 0.353 e. The molecule has 0 aliphatic heterocycles. The van der Waals surface area contributed by atoms with Crippen LogP contribution in [0.15, 0.2) is 40.9 Å². The van der Waals surface area contributed by atoms with Gasteiger partial charge in [0.15, 0.2) is 0 Å². The van der Waals surface area contributed by atoms with Crippen LogP contribution in [0.4, 0.5) is 15.8 Å². The first-order valence-corrected chi connectivity index (χ1v) is 6.19. The summed E-state index contributed by atoms with van der Waals surface area (Å²) in [5, 5.41) is 12.3. The standard InChI is InChI=1S/C13H7BrClFN2/c14-9-2-1-8(7-17)12(5-9)18-13-6-10(16)3-4-11(13)15/h1-6,18H. The van der Waals surface area contributed by atoms with Crippen molar-refractivity contribution in [1.29, 1.82) is 5.26 Å². The Balaban J connectivity index is 2.43. The zero-order chi connectivity index (χ0) is 13.1. The van der Waals surface area contributed by atoms with Crippen LogP contribution in [0.5, 0.6) is 0 Å². The summed E-state index contributed by atoms with van der Waals surface area (Å²) in [5.41, 5.74) is 1.45. The highest BCUT2D eigenvalue weighted by Gasteiger charge is 2.07. The first-order chi connectivity index (χ1) is 8.60. The molecule has 5 heteroatoms. The lowest BCUT2D eigenvalue weighted by Gasteiger charge is -2.10. The molecule has 2 rings (SSSR count). The Labute approximate surface area is 117 Å². The van der Waals surface area contributed by atoms with E-state index in [2.05, 4.69) is 27.3 Å². The van der Waals surface area contributed by atoms with Crippen LogP contribution in [0.25, 0.3) is 0 Å². The summed E-state index contributed by atoms with van der Waals surface area (Å²) in [6.45, 7) is 0. The molecule has 0 aromatic heterocycles. The number of nitrogens with zero attached hydrogens (tertiary/aromatic N) is 1. The lowest BCUT2D eigenvalue weighted by atomic mass is 10.2. The molecule has 0 spiro atoms. The lowest BCUT2D eigenvalue weighted by molar-refractivity contribution is 0.628. The highest BCUT2D eigenvalue weighted by atomic mass is 79.9. The molecule has 90 valence electrons. The third-order valence-electron chi connectivity index (χ3n) is 2.30. The zero-order valence-electron chi connectivity index (χ0n) is 9.05. The van der Waals surface area contributed by atoms with E-state index in [0.29, 0.717) is 22.0 Å². The molecule has 0 unspecified atom stereocenters. The van der Waals surface area contributed by atoms with E-state index in [0.717, 1.165) is 4.47 Å². The highest BCUT2D eigenvalue weighted by Crippen LogP contribution is 2.29. The molecule has 18 heavy (non-hydrogen) atoms. The van der Waals surface area contributed by atoms with Gasteiger partial charge in [-0.05, 0) is 36.4 Å². The second-order valence-electron chi connectivity index (χ2n) is 3.55. The van der Waals surface area contributed by atoms with Gasteiger partial charge in [-0.3, -0.25) is 0 Å². The Morgan fingerprint density at radius 1 is 1.17 bits per heavy atom. The van der Waals surface area contributed by atoms with Gasteiger partial charge in [0, 0.05) is 4.47 Å². The predicted octanol–water partition coefficient (Wildman–Crippen LogP) is 4.86. The average molecular weight is 326 g/mol. The minimum Gasteiger partial charge on any atom is -0.353 e. The minimum atomic E-state index is -0.393. The van der Waals surface area contributed by atoms with Crippen molar-refractivity contribution < 1.29 is 4.39 Å². The number of nitriles is 1. The summed E-state index contributed by atoms with van der Waals surface area (Å²) in [5.74, 6) is -0.393. The average Bonchev–Trinajstić information content (AvgIpc) is 2.34. The normalized spacial score (nSPS) is 9.89. The molecular weight excluding hydrogens is 319 g/mol. The second-order valence-corrected chi connectivity index (χ2v) is 4.87. The molecule has 0 heterocycles. The van der Waals surface area contributed by atoms with E-state index < -0.39 is 5.82 Å². The lowest BCUT2D eigenvalue weighted by Crippen LogP contribution is -1.95. The number of hydrogen-bond acceptors (Lipinski definition) is 2. The van der Waals surface area contributed by atoms with Crippen LogP contribution in [-0.4, -0.2) is 0 Å². The molecule has 0 atom stereocenters. The number of anilines is 2. The molecule has 0 radical (unpaired) electrons. The van der Waals surface area contributed by atoms with Gasteiger partial charge in [-0.2, -0.15) is 5.26 Å². The molecule has 0 fully saturated rings. The van der Waals surface area contributed by atoms with E-state index in [1.54, 1.807) is 18.2 Å². The smallest absolute Gasteiger partial charge is 0.125 e. The monoisotopic (exact) mass is 324 g/mol. The van der Waals surface area contributed by atoms with Gasteiger partial charge in [0.25, 0.3) is 0 Å². The van der Waals surface area contributed by atoms with Crippen LogP contribution in [0.1, 0.15) is 5.56 Å². The molecule has 0 saturated carbocycles. The number of rotatable bonds is 2. The molecule has 0 bridgehead atoms. The van der Waals surface area contributed by atoms with E-state index in [4.69, 9.17) is 16.9 Å². The van der Waals surface area contributed by atoms with Crippen LogP contribution in [0.2, 0.25) is 5.02 Å². The van der Waals surface area contributed by atoms with Crippen molar-refractivity contribution in [3.05, 3.63) is 57.3 Å². The zero-order valence-corrected chi connectivity index (χ0v) is 11.4. The maximum Gasteiger partial charge on any atom is 0.125 e. The maximum atomic E-state index is 13.1. The predicted molar refractivity (Wildman–Crippen MR) is 73.5 cm³/mol. The molecule has 1 N–H and O–H groups in total. The summed E-state index contributed by atoms with van der Waals surface area (Å²) >= 11 is 9.27. The van der Waals surface area contributed by atoms with Gasteiger partial charge in [0.2, 0.25) is 0 Å². The van der Waals surface area contributed by atoms with Gasteiger partial charge >= 0.3 is 0 Å². The third kappa shape index (κ3) is 2.81. The summed E-state index contributed by atoms with van der Waals surface area (Å²) < 4.78 is 14.0. The highest BCUT2D eigenvalue weighted by molar-refractivity contribution is 9.10. The van der Waals surface area contributed by atoms with Crippen molar-refractivity contribution in [1.82, 2.24) is 0 Å². The summed E-state index contributed by atoms with van der Waals surface area (Å²) in [6, 6.07) is 11.2. The van der Waals surface area contributed by atoms with Crippen LogP contribution in [0, 0.1) is 17.1 Å². The molecule has 2 aromatic carbocycles. The van der Waals surface area contributed by atoms with Gasteiger partial charge < -0.3 is 5.32 Å². The van der Waals surface area contributed by atoms with Crippen molar-refractivity contribution in [2.75, 3.05) is 5.32 Å². The molecule has 0 amide bonds. The number of hydrogen-bond donors (Lipinski definition) is 1. The van der Waals surface area contributed by atoms with Gasteiger partial charge in [-0.1, -0.05) is 27.5 Å². The van der Waals surface area contributed by atoms with E-state index in [1.165, 1.54) is 18.2 Å². The molecule has 0 aliphatic rings. The number of nitrogens with one attached hydrogen (secondary N) is 1. The van der Waals surface area contributed by atoms with Gasteiger partial charge in [0.05, 0.1) is 22.0 Å². The Kier molecular flexibility index (Phi) is 3.85. The maximum absolute atomic E-state index is 13.1. The van der Waals surface area contributed by atoms with Gasteiger partial charge in [0.1, 0.15) is 11.9 Å². The molecule has 2 aromatic rings. The van der Waals surface area contributed by atoms with E-state index in [9.17, 15) is 4.39 Å². The van der Waals surface area contributed by atoms with Gasteiger partial charge in [-0.15, -0.1) is 0 Å². The topological polar surface area (TPSA) is 35.8 Å². The number of halogens is 3. The molecule has 0 aliphatic carbocycles. The van der Waals surface area contributed by atoms with Crippen LogP contribution in [0.3, 0.4) is 0 Å². The van der Waals surface area contributed by atoms with Crippen molar-refractivity contribution in [3.63, 3.8) is 0 Å². The van der Waals surface area contributed by atoms with E-state index in [1.807, 2.05) is 0 Å². The summed E-state index contributed by atoms with van der Waals surface area (Å²) in [6.07, 6.45) is 0. The SMILES string of the molecule is N#Cc1ccc(Br)cc1Nc1cc(F)ccc1Cl. The Morgan fingerprint density at radius 2 is 1.94 bits per heavy atom. The number of benzene rings is 2. The van der Waals surface area contributed by atoms with E-state index >= 15 is 0 Å². The first-order valence-electron chi connectivity index (χ1n) is 5.02. The van der Waals surface area contributed by atoms with Gasteiger partial charge in [-0.25, -0.2) is 4.39 Å². The second kappa shape index (κ2) is 5.38. The van der Waals surface area contributed by atoms with Crippen molar-refractivity contribution in [3.8, 4) is 6.07 Å². The fourth-order valence-electron chi connectivity index (χ4n) is 1.46. The van der Waals surface area contributed by atoms with Crippen LogP contribution < -0.4 is 5.32 Å². The fraction of sp³-hybridized carbons (Fsp3) is 0.